The van der Waals surface area contributed by atoms with E-state index in [0.29, 0.717) is 6.42 Å². The molecule has 114 valence electrons. The van der Waals surface area contributed by atoms with Gasteiger partial charge in [0, 0.05) is 36.4 Å². The van der Waals surface area contributed by atoms with Gasteiger partial charge in [-0.1, -0.05) is 6.07 Å². The van der Waals surface area contributed by atoms with E-state index < -0.39 is 0 Å². The van der Waals surface area contributed by atoms with Crippen molar-refractivity contribution in [2.45, 2.75) is 26.2 Å². The zero-order chi connectivity index (χ0) is 14.4. The first kappa shape index (κ1) is 14.9. The van der Waals surface area contributed by atoms with E-state index in [4.69, 9.17) is 0 Å². The molecule has 1 atom stereocenters. The number of hydrogen-bond acceptors (Lipinski definition) is 2. The summed E-state index contributed by atoms with van der Waals surface area (Å²) < 4.78 is 2.06. The lowest BCUT2D eigenvalue weighted by atomic mass is 9.83. The van der Waals surface area contributed by atoms with Gasteiger partial charge in [-0.15, -0.1) is 12.4 Å². The highest BCUT2D eigenvalue weighted by atomic mass is 35.5. The Balaban J connectivity index is 0.00000144. The van der Waals surface area contributed by atoms with Crippen LogP contribution in [0.3, 0.4) is 0 Å². The Morgan fingerprint density at radius 3 is 3.05 bits per heavy atom. The second-order valence-corrected chi connectivity index (χ2v) is 5.75. The third kappa shape index (κ3) is 2.15. The van der Waals surface area contributed by atoms with Crippen LogP contribution in [0.15, 0.2) is 36.8 Å². The molecule has 1 unspecified atom stereocenters. The molecular formula is C17H18ClN3O. The number of imidazole rings is 1. The number of nitrogens with zero attached hydrogens (tertiary/aromatic N) is 2. The lowest BCUT2D eigenvalue weighted by Gasteiger charge is -2.21. The zero-order valence-corrected chi connectivity index (χ0v) is 13.2. The molecule has 0 spiro atoms. The number of H-pyrrole nitrogens is 1. The SMILES string of the molecule is Cc1c2c(n3ccccc13)C(=O)C(Cc1ncc[nH]1)CC2.Cl. The van der Waals surface area contributed by atoms with E-state index in [1.54, 1.807) is 6.20 Å². The average molecular weight is 316 g/mol. The van der Waals surface area contributed by atoms with Crippen LogP contribution in [0.1, 0.15) is 33.9 Å². The number of aromatic nitrogens is 3. The maximum atomic E-state index is 12.9. The molecule has 0 saturated heterocycles. The van der Waals surface area contributed by atoms with Crippen LogP contribution in [0.5, 0.6) is 0 Å². The van der Waals surface area contributed by atoms with E-state index in [-0.39, 0.29) is 24.1 Å². The highest BCUT2D eigenvalue weighted by Gasteiger charge is 2.32. The van der Waals surface area contributed by atoms with Crippen molar-refractivity contribution in [2.75, 3.05) is 0 Å². The summed E-state index contributed by atoms with van der Waals surface area (Å²) >= 11 is 0. The Morgan fingerprint density at radius 1 is 1.41 bits per heavy atom. The van der Waals surface area contributed by atoms with Crippen LogP contribution in [0.4, 0.5) is 0 Å². The van der Waals surface area contributed by atoms with Gasteiger partial charge in [-0.3, -0.25) is 4.79 Å². The first-order chi connectivity index (χ1) is 10.3. The van der Waals surface area contributed by atoms with Crippen molar-refractivity contribution in [3.63, 3.8) is 0 Å². The van der Waals surface area contributed by atoms with E-state index in [2.05, 4.69) is 27.4 Å². The molecule has 0 bridgehead atoms. The van der Waals surface area contributed by atoms with E-state index in [9.17, 15) is 4.79 Å². The van der Waals surface area contributed by atoms with E-state index in [1.807, 2.05) is 24.5 Å². The van der Waals surface area contributed by atoms with Crippen LogP contribution in [-0.4, -0.2) is 20.2 Å². The highest BCUT2D eigenvalue weighted by Crippen LogP contribution is 2.33. The molecule has 0 aromatic carbocycles. The number of pyridine rings is 1. The number of halogens is 1. The number of Topliss-reactive ketones (excluding diaryl/α,β-unsaturated/α-hetero) is 1. The molecule has 3 aromatic rings. The molecule has 1 aliphatic rings. The summed E-state index contributed by atoms with van der Waals surface area (Å²) in [6, 6.07) is 6.09. The molecule has 0 aliphatic heterocycles. The maximum absolute atomic E-state index is 12.9. The summed E-state index contributed by atoms with van der Waals surface area (Å²) in [4.78, 5) is 20.3. The van der Waals surface area contributed by atoms with Crippen molar-refractivity contribution in [3.8, 4) is 0 Å². The Labute approximate surface area is 135 Å². The lowest BCUT2D eigenvalue weighted by Crippen LogP contribution is -2.25. The minimum Gasteiger partial charge on any atom is -0.349 e. The van der Waals surface area contributed by atoms with Crippen molar-refractivity contribution >= 4 is 23.7 Å². The minimum absolute atomic E-state index is 0. The number of aromatic amines is 1. The zero-order valence-electron chi connectivity index (χ0n) is 12.4. The standard InChI is InChI=1S/C17H17N3O.ClH/c1-11-13-6-5-12(10-15-18-7-8-19-15)17(21)16(13)20-9-3-2-4-14(11)20;/h2-4,7-9,12H,5-6,10H2,1H3,(H,18,19);1H. The number of hydrogen-bond donors (Lipinski definition) is 1. The van der Waals surface area contributed by atoms with E-state index in [0.717, 1.165) is 29.9 Å². The van der Waals surface area contributed by atoms with Gasteiger partial charge in [0.2, 0.25) is 0 Å². The monoisotopic (exact) mass is 315 g/mol. The number of rotatable bonds is 2. The van der Waals surface area contributed by atoms with E-state index in [1.165, 1.54) is 11.1 Å². The van der Waals surface area contributed by atoms with Gasteiger partial charge in [0.1, 0.15) is 5.82 Å². The van der Waals surface area contributed by atoms with Crippen molar-refractivity contribution in [1.29, 1.82) is 0 Å². The van der Waals surface area contributed by atoms with Gasteiger partial charge in [-0.05, 0) is 43.0 Å². The van der Waals surface area contributed by atoms with Crippen molar-refractivity contribution in [2.24, 2.45) is 5.92 Å². The summed E-state index contributed by atoms with van der Waals surface area (Å²) in [7, 11) is 0. The van der Waals surface area contributed by atoms with Crippen LogP contribution in [-0.2, 0) is 12.8 Å². The molecule has 0 fully saturated rings. The summed E-state index contributed by atoms with van der Waals surface area (Å²) in [5, 5.41) is 0. The lowest BCUT2D eigenvalue weighted by molar-refractivity contribution is 0.0893. The predicted molar refractivity (Wildman–Crippen MR) is 87.8 cm³/mol. The Bertz CT molecular complexity index is 820. The molecule has 3 aromatic heterocycles. The molecule has 0 amide bonds. The fourth-order valence-corrected chi connectivity index (χ4v) is 3.48. The summed E-state index contributed by atoms with van der Waals surface area (Å²) in [6.45, 7) is 2.12. The van der Waals surface area contributed by atoms with Crippen molar-refractivity contribution < 1.29 is 4.79 Å². The molecule has 4 rings (SSSR count). The highest BCUT2D eigenvalue weighted by molar-refractivity contribution is 6.01. The fourth-order valence-electron chi connectivity index (χ4n) is 3.48. The Hall–Kier alpha value is -2.07. The van der Waals surface area contributed by atoms with Crippen LogP contribution < -0.4 is 0 Å². The van der Waals surface area contributed by atoms with Gasteiger partial charge in [-0.25, -0.2) is 4.98 Å². The Kier molecular flexibility index (Phi) is 3.79. The topological polar surface area (TPSA) is 50.2 Å². The van der Waals surface area contributed by atoms with Gasteiger partial charge in [0.25, 0.3) is 0 Å². The molecular weight excluding hydrogens is 298 g/mol. The van der Waals surface area contributed by atoms with Crippen molar-refractivity contribution in [1.82, 2.24) is 14.4 Å². The van der Waals surface area contributed by atoms with Gasteiger partial charge in [0.05, 0.1) is 5.69 Å². The molecule has 4 nitrogen and oxygen atoms in total. The number of fused-ring (bicyclic) bond motifs is 3. The fraction of sp³-hybridized carbons (Fsp3) is 0.294. The molecule has 1 N–H and O–H groups in total. The molecule has 3 heterocycles. The number of carbonyl (C=O) groups is 1. The summed E-state index contributed by atoms with van der Waals surface area (Å²) in [5.74, 6) is 1.18. The van der Waals surface area contributed by atoms with E-state index >= 15 is 0 Å². The van der Waals surface area contributed by atoms with Crippen molar-refractivity contribution in [3.05, 3.63) is 59.4 Å². The molecule has 5 heteroatoms. The number of aryl methyl sites for hydroxylation is 1. The number of ketones is 1. The normalized spacial score (nSPS) is 17.3. The number of nitrogens with one attached hydrogen (secondary N) is 1. The van der Waals surface area contributed by atoms with Crippen LogP contribution in [0.25, 0.3) is 5.52 Å². The van der Waals surface area contributed by atoms with Crippen LogP contribution >= 0.6 is 12.4 Å². The largest absolute Gasteiger partial charge is 0.349 e. The second-order valence-electron chi connectivity index (χ2n) is 5.75. The third-order valence-corrected chi connectivity index (χ3v) is 4.57. The molecule has 0 saturated carbocycles. The second kappa shape index (κ2) is 5.61. The summed E-state index contributed by atoms with van der Waals surface area (Å²) in [6.07, 6.45) is 8.12. The van der Waals surface area contributed by atoms with Crippen LogP contribution in [0, 0.1) is 12.8 Å². The molecule has 22 heavy (non-hydrogen) atoms. The summed E-state index contributed by atoms with van der Waals surface area (Å²) in [5.41, 5.74) is 4.50. The van der Waals surface area contributed by atoms with Gasteiger partial charge in [0.15, 0.2) is 5.78 Å². The third-order valence-electron chi connectivity index (χ3n) is 4.57. The quantitative estimate of drug-likeness (QED) is 0.788. The first-order valence-electron chi connectivity index (χ1n) is 7.36. The minimum atomic E-state index is 0. The number of carbonyl (C=O) groups excluding carboxylic acids is 1. The predicted octanol–water partition coefficient (Wildman–Crippen LogP) is 3.38. The van der Waals surface area contributed by atoms with Crippen LogP contribution in [0.2, 0.25) is 0 Å². The van der Waals surface area contributed by atoms with Gasteiger partial charge >= 0.3 is 0 Å². The molecule has 1 aliphatic carbocycles. The Morgan fingerprint density at radius 2 is 2.27 bits per heavy atom. The van der Waals surface area contributed by atoms with Gasteiger partial charge in [-0.2, -0.15) is 0 Å². The first-order valence-corrected chi connectivity index (χ1v) is 7.36. The molecule has 0 radical (unpaired) electrons. The maximum Gasteiger partial charge on any atom is 0.183 e. The van der Waals surface area contributed by atoms with Gasteiger partial charge < -0.3 is 9.38 Å². The smallest absolute Gasteiger partial charge is 0.183 e. The average Bonchev–Trinajstić information content (AvgIpc) is 3.10.